The average Bonchev–Trinajstić information content (AvgIpc) is 2.66. The predicted octanol–water partition coefficient (Wildman–Crippen LogP) is 5.53. The number of carbonyl (C=O) groups is 1. The number of benzene rings is 2. The summed E-state index contributed by atoms with van der Waals surface area (Å²) in [5.41, 5.74) is 3.85. The van der Waals surface area contributed by atoms with Crippen molar-refractivity contribution in [1.82, 2.24) is 4.90 Å². The summed E-state index contributed by atoms with van der Waals surface area (Å²) in [5, 5.41) is 0. The maximum absolute atomic E-state index is 13.0. The Bertz CT molecular complexity index is 772. The SMILES string of the molecule is CSc1ccc(/C=C2\CN(C)C/C(=C\c3ccc(SC)cc3)C2=O)cc1.Cl. The first-order chi connectivity index (χ1) is 12.6. The van der Waals surface area contributed by atoms with E-state index in [1.807, 2.05) is 12.2 Å². The summed E-state index contributed by atoms with van der Waals surface area (Å²) in [7, 11) is 2.06. The van der Waals surface area contributed by atoms with Gasteiger partial charge in [-0.1, -0.05) is 24.3 Å². The molecule has 1 saturated heterocycles. The maximum atomic E-state index is 13.0. The van der Waals surface area contributed by atoms with Crippen molar-refractivity contribution in [2.45, 2.75) is 9.79 Å². The number of carbonyl (C=O) groups excluding carboxylic acids is 1. The number of thioether (sulfide) groups is 2. The number of piperidine rings is 1. The minimum Gasteiger partial charge on any atom is -0.298 e. The number of Topliss-reactive ketones (excluding diaryl/α,β-unsaturated/α-hetero) is 1. The summed E-state index contributed by atoms with van der Waals surface area (Å²) in [6, 6.07) is 16.7. The van der Waals surface area contributed by atoms with Crippen molar-refractivity contribution < 1.29 is 4.79 Å². The van der Waals surface area contributed by atoms with E-state index in [1.54, 1.807) is 23.5 Å². The first-order valence-electron chi connectivity index (χ1n) is 8.51. The second-order valence-electron chi connectivity index (χ2n) is 6.39. The van der Waals surface area contributed by atoms with Gasteiger partial charge in [0.25, 0.3) is 0 Å². The standard InChI is InChI=1S/C22H23NOS2.ClH/c1-23-14-18(12-16-4-8-20(25-2)9-5-16)22(24)19(15-23)13-17-6-10-21(26-3)11-7-17;/h4-13H,14-15H2,1-3H3;1H/b18-12+,19-13+;. The quantitative estimate of drug-likeness (QED) is 0.481. The van der Waals surface area contributed by atoms with Crippen LogP contribution in [0.15, 0.2) is 69.5 Å². The lowest BCUT2D eigenvalue weighted by atomic mass is 9.94. The molecule has 0 amide bonds. The summed E-state index contributed by atoms with van der Waals surface area (Å²) in [5.74, 6) is 0.158. The van der Waals surface area contributed by atoms with Crippen LogP contribution < -0.4 is 0 Å². The molecule has 0 radical (unpaired) electrons. The number of hydrogen-bond acceptors (Lipinski definition) is 4. The third-order valence-electron chi connectivity index (χ3n) is 4.38. The van der Waals surface area contributed by atoms with E-state index < -0.39 is 0 Å². The first kappa shape index (κ1) is 21.8. The number of likely N-dealkylation sites (N-methyl/N-ethyl adjacent to an activating group) is 1. The zero-order chi connectivity index (χ0) is 18.5. The number of ketones is 1. The molecule has 0 bridgehead atoms. The molecule has 0 unspecified atom stereocenters. The zero-order valence-electron chi connectivity index (χ0n) is 15.8. The van der Waals surface area contributed by atoms with Gasteiger partial charge in [-0.15, -0.1) is 35.9 Å². The Morgan fingerprint density at radius 3 is 1.48 bits per heavy atom. The van der Waals surface area contributed by atoms with E-state index in [4.69, 9.17) is 0 Å². The van der Waals surface area contributed by atoms with Gasteiger partial charge in [0.1, 0.15) is 0 Å². The average molecular weight is 418 g/mol. The van der Waals surface area contributed by atoms with Crippen molar-refractivity contribution in [3.8, 4) is 0 Å². The zero-order valence-corrected chi connectivity index (χ0v) is 18.2. The molecule has 3 rings (SSSR count). The second-order valence-corrected chi connectivity index (χ2v) is 8.15. The molecule has 1 aliphatic heterocycles. The number of rotatable bonds is 4. The van der Waals surface area contributed by atoms with Crippen molar-refractivity contribution in [2.24, 2.45) is 0 Å². The molecule has 0 N–H and O–H groups in total. The number of halogens is 1. The Morgan fingerprint density at radius 1 is 0.778 bits per heavy atom. The largest absolute Gasteiger partial charge is 0.298 e. The molecule has 5 heteroatoms. The van der Waals surface area contributed by atoms with Crippen LogP contribution in [0.25, 0.3) is 12.2 Å². The lowest BCUT2D eigenvalue weighted by Gasteiger charge is -2.26. The van der Waals surface area contributed by atoms with Crippen LogP contribution in [0, 0.1) is 0 Å². The van der Waals surface area contributed by atoms with Crippen molar-refractivity contribution in [3.63, 3.8) is 0 Å². The molecule has 0 spiro atoms. The molecule has 1 fully saturated rings. The second kappa shape index (κ2) is 10.2. The Labute approximate surface area is 176 Å². The van der Waals surface area contributed by atoms with E-state index in [0.717, 1.165) is 22.3 Å². The summed E-state index contributed by atoms with van der Waals surface area (Å²) < 4.78 is 0. The van der Waals surface area contributed by atoms with Gasteiger partial charge in [-0.2, -0.15) is 0 Å². The monoisotopic (exact) mass is 417 g/mol. The van der Waals surface area contributed by atoms with Crippen molar-refractivity contribution in [1.29, 1.82) is 0 Å². The van der Waals surface area contributed by atoms with E-state index in [9.17, 15) is 4.79 Å². The van der Waals surface area contributed by atoms with E-state index in [1.165, 1.54) is 9.79 Å². The summed E-state index contributed by atoms with van der Waals surface area (Å²) in [6.45, 7) is 1.37. The fourth-order valence-corrected chi connectivity index (χ4v) is 3.83. The van der Waals surface area contributed by atoms with Gasteiger partial charge < -0.3 is 0 Å². The van der Waals surface area contributed by atoms with Gasteiger partial charge in [0.2, 0.25) is 0 Å². The molecule has 2 aromatic rings. The van der Waals surface area contributed by atoms with E-state index >= 15 is 0 Å². The lowest BCUT2D eigenvalue weighted by Crippen LogP contribution is -2.34. The van der Waals surface area contributed by atoms with E-state index in [0.29, 0.717) is 13.1 Å². The van der Waals surface area contributed by atoms with Crippen LogP contribution in [0.2, 0.25) is 0 Å². The third-order valence-corrected chi connectivity index (χ3v) is 5.86. The third kappa shape index (κ3) is 5.76. The van der Waals surface area contributed by atoms with Crippen LogP contribution in [0.3, 0.4) is 0 Å². The fourth-order valence-electron chi connectivity index (χ4n) is 3.01. The van der Waals surface area contributed by atoms with Crippen LogP contribution in [-0.4, -0.2) is 43.3 Å². The highest BCUT2D eigenvalue weighted by atomic mass is 35.5. The highest BCUT2D eigenvalue weighted by molar-refractivity contribution is 7.98. The van der Waals surface area contributed by atoms with Gasteiger partial charge in [0.05, 0.1) is 0 Å². The topological polar surface area (TPSA) is 20.3 Å². The molecule has 2 nitrogen and oxygen atoms in total. The van der Waals surface area contributed by atoms with Crippen molar-refractivity contribution in [3.05, 3.63) is 70.8 Å². The maximum Gasteiger partial charge on any atom is 0.187 e. The van der Waals surface area contributed by atoms with E-state index in [2.05, 4.69) is 73.0 Å². The Morgan fingerprint density at radius 2 is 1.15 bits per heavy atom. The van der Waals surface area contributed by atoms with Gasteiger partial charge in [0.15, 0.2) is 5.78 Å². The van der Waals surface area contributed by atoms with E-state index in [-0.39, 0.29) is 18.2 Å². The molecule has 0 aromatic heterocycles. The minimum atomic E-state index is 0. The minimum absolute atomic E-state index is 0. The molecular weight excluding hydrogens is 394 g/mol. The smallest absolute Gasteiger partial charge is 0.187 e. The van der Waals surface area contributed by atoms with Gasteiger partial charge >= 0.3 is 0 Å². The van der Waals surface area contributed by atoms with Crippen LogP contribution >= 0.6 is 35.9 Å². The van der Waals surface area contributed by atoms with Gasteiger partial charge in [-0.3, -0.25) is 9.69 Å². The lowest BCUT2D eigenvalue weighted by molar-refractivity contribution is -0.113. The summed E-state index contributed by atoms with van der Waals surface area (Å²) in [6.07, 6.45) is 8.17. The molecule has 0 aliphatic carbocycles. The number of likely N-dealkylation sites (tertiary alicyclic amines) is 1. The Balaban J connectivity index is 0.00000261. The van der Waals surface area contributed by atoms with Gasteiger partial charge in [0, 0.05) is 34.0 Å². The van der Waals surface area contributed by atoms with Crippen molar-refractivity contribution >= 4 is 53.9 Å². The van der Waals surface area contributed by atoms with Gasteiger partial charge in [-0.05, 0) is 67.1 Å². The number of nitrogens with zero attached hydrogens (tertiary/aromatic N) is 1. The molecule has 0 saturated carbocycles. The van der Waals surface area contributed by atoms with Crippen LogP contribution in [0.1, 0.15) is 11.1 Å². The highest BCUT2D eigenvalue weighted by Gasteiger charge is 2.23. The van der Waals surface area contributed by atoms with Crippen LogP contribution in [0.5, 0.6) is 0 Å². The first-order valence-corrected chi connectivity index (χ1v) is 11.0. The summed E-state index contributed by atoms with van der Waals surface area (Å²) >= 11 is 3.44. The molecule has 142 valence electrons. The van der Waals surface area contributed by atoms with Crippen LogP contribution in [0.4, 0.5) is 0 Å². The van der Waals surface area contributed by atoms with Gasteiger partial charge in [-0.25, -0.2) is 0 Å². The molecule has 1 aliphatic rings. The molecular formula is C22H24ClNOS2. The highest BCUT2D eigenvalue weighted by Crippen LogP contribution is 2.23. The Kier molecular flexibility index (Phi) is 8.24. The van der Waals surface area contributed by atoms with Crippen molar-refractivity contribution in [2.75, 3.05) is 32.6 Å². The summed E-state index contributed by atoms with van der Waals surface area (Å²) in [4.78, 5) is 17.6. The molecule has 0 atom stereocenters. The molecule has 2 aromatic carbocycles. The fraction of sp³-hybridized carbons (Fsp3) is 0.227. The van der Waals surface area contributed by atoms with Crippen LogP contribution in [-0.2, 0) is 4.79 Å². The predicted molar refractivity (Wildman–Crippen MR) is 122 cm³/mol. The molecule has 1 heterocycles. The number of hydrogen-bond donors (Lipinski definition) is 0. The molecule has 27 heavy (non-hydrogen) atoms. The Hall–Kier alpha value is -1.46. The normalized spacial score (nSPS) is 18.0.